The van der Waals surface area contributed by atoms with Crippen molar-refractivity contribution in [3.05, 3.63) is 35.4 Å². The maximum absolute atomic E-state index is 9.47. The zero-order valence-electron chi connectivity index (χ0n) is 9.28. The first kappa shape index (κ1) is 12.9. The molecule has 2 rings (SSSR count). The van der Waals surface area contributed by atoms with Gasteiger partial charge in [0.2, 0.25) is 0 Å². The number of aliphatic carboxylic acids is 1. The average Bonchev–Trinajstić information content (AvgIpc) is 2.56. The Morgan fingerprint density at radius 3 is 2.06 bits per heavy atom. The monoisotopic (exact) mass is 235 g/mol. The van der Waals surface area contributed by atoms with E-state index < -0.39 is 5.97 Å². The van der Waals surface area contributed by atoms with Crippen molar-refractivity contribution in [1.29, 1.82) is 10.8 Å². The van der Waals surface area contributed by atoms with E-state index in [1.54, 1.807) is 0 Å². The van der Waals surface area contributed by atoms with E-state index in [9.17, 15) is 4.79 Å². The number of carbonyl (C=O) groups is 1. The minimum atomic E-state index is -0.933. The van der Waals surface area contributed by atoms with Crippen LogP contribution >= 0.6 is 0 Å². The number of nitrogens with one attached hydrogen (secondary N) is 3. The fourth-order valence-electron chi connectivity index (χ4n) is 1.30. The van der Waals surface area contributed by atoms with Crippen molar-refractivity contribution in [2.45, 2.75) is 0 Å². The summed E-state index contributed by atoms with van der Waals surface area (Å²) in [5.41, 5.74) is 1.63. The highest BCUT2D eigenvalue weighted by atomic mass is 16.5. The molecular formula is C11H13N3O3. The summed E-state index contributed by atoms with van der Waals surface area (Å²) in [6, 6.07) is 7.42. The summed E-state index contributed by atoms with van der Waals surface area (Å²) in [5, 5.41) is 25.3. The van der Waals surface area contributed by atoms with Gasteiger partial charge >= 0.3 is 5.97 Å². The molecule has 0 aliphatic carbocycles. The summed E-state index contributed by atoms with van der Waals surface area (Å²) in [6.45, 7) is -0.208. The summed E-state index contributed by atoms with van der Waals surface area (Å²) in [6.07, 6.45) is 0. The highest BCUT2D eigenvalue weighted by Gasteiger charge is 2.18. The van der Waals surface area contributed by atoms with E-state index in [-0.39, 0.29) is 6.61 Å². The number of hydrogen-bond donors (Lipinski definition) is 4. The zero-order valence-corrected chi connectivity index (χ0v) is 9.28. The predicted molar refractivity (Wildman–Crippen MR) is 62.7 cm³/mol. The van der Waals surface area contributed by atoms with E-state index in [0.717, 1.165) is 11.1 Å². The SMILES string of the molecule is COCC(=O)O.N=C1NC(=N)c2ccccc21. The van der Waals surface area contributed by atoms with Crippen molar-refractivity contribution in [3.63, 3.8) is 0 Å². The molecule has 6 heteroatoms. The minimum Gasteiger partial charge on any atom is -0.480 e. The fourth-order valence-corrected chi connectivity index (χ4v) is 1.30. The third kappa shape index (κ3) is 3.39. The molecule has 0 saturated carbocycles. The van der Waals surface area contributed by atoms with Gasteiger partial charge in [-0.3, -0.25) is 10.8 Å². The molecule has 0 bridgehead atoms. The highest BCUT2D eigenvalue weighted by molar-refractivity contribution is 6.23. The van der Waals surface area contributed by atoms with Gasteiger partial charge in [-0.2, -0.15) is 0 Å². The molecule has 0 amide bonds. The summed E-state index contributed by atoms with van der Waals surface area (Å²) < 4.78 is 4.20. The number of carboxylic acids is 1. The van der Waals surface area contributed by atoms with Gasteiger partial charge in [0.05, 0.1) is 0 Å². The maximum Gasteiger partial charge on any atom is 0.329 e. The lowest BCUT2D eigenvalue weighted by atomic mass is 10.1. The molecule has 4 N–H and O–H groups in total. The lowest BCUT2D eigenvalue weighted by Crippen LogP contribution is -2.19. The highest BCUT2D eigenvalue weighted by Crippen LogP contribution is 2.13. The molecule has 0 aromatic heterocycles. The molecule has 0 radical (unpaired) electrons. The molecule has 90 valence electrons. The van der Waals surface area contributed by atoms with Gasteiger partial charge < -0.3 is 15.2 Å². The maximum atomic E-state index is 9.47. The Balaban J connectivity index is 0.000000209. The summed E-state index contributed by atoms with van der Waals surface area (Å²) in [4.78, 5) is 9.47. The molecule has 1 aromatic carbocycles. The van der Waals surface area contributed by atoms with Crippen LogP contribution in [0, 0.1) is 10.8 Å². The Hall–Kier alpha value is -2.21. The Morgan fingerprint density at radius 2 is 1.76 bits per heavy atom. The second kappa shape index (κ2) is 5.76. The largest absolute Gasteiger partial charge is 0.480 e. The number of hydrogen-bond acceptors (Lipinski definition) is 4. The molecule has 1 aromatic rings. The molecular weight excluding hydrogens is 222 g/mol. The Kier molecular flexibility index (Phi) is 4.36. The van der Waals surface area contributed by atoms with Crippen LogP contribution in [0.25, 0.3) is 0 Å². The Morgan fingerprint density at radius 1 is 1.29 bits per heavy atom. The van der Waals surface area contributed by atoms with Gasteiger partial charge in [0, 0.05) is 18.2 Å². The molecule has 0 atom stereocenters. The van der Waals surface area contributed by atoms with Crippen LogP contribution in [0.4, 0.5) is 0 Å². The van der Waals surface area contributed by atoms with Gasteiger partial charge in [0.1, 0.15) is 18.3 Å². The van der Waals surface area contributed by atoms with Crippen molar-refractivity contribution < 1.29 is 14.6 Å². The standard InChI is InChI=1S/C8H7N3.C3H6O3/c9-7-5-3-1-2-4-6(5)8(10)11-7;1-6-2-3(4)5/h1-4H,(H3,9,10,11);2H2,1H3,(H,4,5). The van der Waals surface area contributed by atoms with E-state index in [2.05, 4.69) is 10.1 Å². The second-order valence-corrected chi connectivity index (χ2v) is 3.25. The molecule has 1 aliphatic heterocycles. The van der Waals surface area contributed by atoms with Crippen molar-refractivity contribution >= 4 is 17.6 Å². The number of benzene rings is 1. The number of fused-ring (bicyclic) bond motifs is 1. The van der Waals surface area contributed by atoms with Crippen LogP contribution in [-0.4, -0.2) is 36.5 Å². The molecule has 0 spiro atoms. The van der Waals surface area contributed by atoms with Gasteiger partial charge in [0.15, 0.2) is 0 Å². The third-order valence-electron chi connectivity index (χ3n) is 1.98. The summed E-state index contributed by atoms with van der Waals surface area (Å²) >= 11 is 0. The minimum absolute atomic E-state index is 0.208. The van der Waals surface area contributed by atoms with Crippen LogP contribution in [0.15, 0.2) is 24.3 Å². The van der Waals surface area contributed by atoms with E-state index in [1.807, 2.05) is 24.3 Å². The summed E-state index contributed by atoms with van der Waals surface area (Å²) in [7, 11) is 1.34. The lowest BCUT2D eigenvalue weighted by molar-refractivity contribution is -0.141. The van der Waals surface area contributed by atoms with Crippen LogP contribution < -0.4 is 5.32 Å². The smallest absolute Gasteiger partial charge is 0.329 e. The van der Waals surface area contributed by atoms with Gasteiger partial charge in [-0.1, -0.05) is 24.3 Å². The number of amidine groups is 2. The molecule has 0 unspecified atom stereocenters. The molecule has 17 heavy (non-hydrogen) atoms. The number of ether oxygens (including phenoxy) is 1. The van der Waals surface area contributed by atoms with Crippen LogP contribution in [-0.2, 0) is 9.53 Å². The van der Waals surface area contributed by atoms with Crippen LogP contribution in [0.2, 0.25) is 0 Å². The van der Waals surface area contributed by atoms with Crippen molar-refractivity contribution in [1.82, 2.24) is 5.32 Å². The van der Waals surface area contributed by atoms with Crippen LogP contribution in [0.1, 0.15) is 11.1 Å². The van der Waals surface area contributed by atoms with E-state index in [1.165, 1.54) is 7.11 Å². The molecule has 6 nitrogen and oxygen atoms in total. The van der Waals surface area contributed by atoms with Crippen LogP contribution in [0.3, 0.4) is 0 Å². The van der Waals surface area contributed by atoms with Crippen LogP contribution in [0.5, 0.6) is 0 Å². The second-order valence-electron chi connectivity index (χ2n) is 3.25. The van der Waals surface area contributed by atoms with Gasteiger partial charge in [-0.25, -0.2) is 4.79 Å². The topological polar surface area (TPSA) is 106 Å². The third-order valence-corrected chi connectivity index (χ3v) is 1.98. The fraction of sp³-hybridized carbons (Fsp3) is 0.182. The van der Waals surface area contributed by atoms with E-state index >= 15 is 0 Å². The lowest BCUT2D eigenvalue weighted by Gasteiger charge is -1.91. The Bertz CT molecular complexity index is 424. The van der Waals surface area contributed by atoms with Gasteiger partial charge in [-0.05, 0) is 0 Å². The molecule has 1 aliphatic rings. The van der Waals surface area contributed by atoms with Gasteiger partial charge in [0.25, 0.3) is 0 Å². The van der Waals surface area contributed by atoms with Crippen molar-refractivity contribution in [2.75, 3.05) is 13.7 Å². The van der Waals surface area contributed by atoms with Crippen molar-refractivity contribution in [3.8, 4) is 0 Å². The first-order valence-electron chi connectivity index (χ1n) is 4.81. The predicted octanol–water partition coefficient (Wildman–Crippen LogP) is 0.658. The zero-order chi connectivity index (χ0) is 12.8. The van der Waals surface area contributed by atoms with E-state index in [0.29, 0.717) is 11.7 Å². The summed E-state index contributed by atoms with van der Waals surface area (Å²) in [5.74, 6) is -0.284. The number of carboxylic acid groups (broad SMARTS) is 1. The average molecular weight is 235 g/mol. The Labute approximate surface area is 98.2 Å². The van der Waals surface area contributed by atoms with Gasteiger partial charge in [-0.15, -0.1) is 0 Å². The van der Waals surface area contributed by atoms with Crippen molar-refractivity contribution in [2.24, 2.45) is 0 Å². The normalized spacial score (nSPS) is 12.3. The first-order valence-corrected chi connectivity index (χ1v) is 4.81. The quantitative estimate of drug-likeness (QED) is 0.604. The number of rotatable bonds is 2. The molecule has 0 saturated heterocycles. The molecule has 0 fully saturated rings. The first-order chi connectivity index (χ1) is 8.06. The molecule has 1 heterocycles. The van der Waals surface area contributed by atoms with E-state index in [4.69, 9.17) is 15.9 Å². The number of methoxy groups -OCH3 is 1.